The van der Waals surface area contributed by atoms with Gasteiger partial charge in [0.2, 0.25) is 0 Å². The van der Waals surface area contributed by atoms with Crippen molar-refractivity contribution in [3.8, 4) is 0 Å². The Morgan fingerprint density at radius 1 is 0.958 bits per heavy atom. The fourth-order valence-electron chi connectivity index (χ4n) is 2.06. The first-order valence-electron chi connectivity index (χ1n) is 9.07. The summed E-state index contributed by atoms with van der Waals surface area (Å²) in [6.07, 6.45) is 12.2. The molecule has 1 aliphatic heterocycles. The molecular weight excluding hydrogens is 454 g/mol. The fourth-order valence-corrected chi connectivity index (χ4v) is 2.06. The van der Waals surface area contributed by atoms with Crippen molar-refractivity contribution in [2.45, 2.75) is 72.1 Å². The normalized spacial score (nSPS) is 12.5. The van der Waals surface area contributed by atoms with Crippen molar-refractivity contribution in [2.24, 2.45) is 0 Å². The Balaban J connectivity index is -0.000000127. The van der Waals surface area contributed by atoms with E-state index in [-0.39, 0.29) is 65.4 Å². The Morgan fingerprint density at radius 2 is 1.46 bits per heavy atom. The van der Waals surface area contributed by atoms with E-state index in [0.717, 1.165) is 19.7 Å². The van der Waals surface area contributed by atoms with Gasteiger partial charge in [-0.05, 0) is 38.9 Å². The Bertz CT molecular complexity index is 189. The first-order chi connectivity index (χ1) is 10.8. The Hall–Kier alpha value is 1.60. The van der Waals surface area contributed by atoms with Crippen LogP contribution in [0.5, 0.6) is 0 Å². The Kier molecular flexibility index (Phi) is 44.7. The average Bonchev–Trinajstić information content (AvgIpc) is 3.06. The standard InChI is InChI=1S/C7H13N2O.C6H14.C5H12O.2Y/c10-7-8-3-6-9-4-1-2-5-9;1-3-5-6-4-2;1-3-4-5-6-2;;/h1-6H2,(H,8,10);3-6H2,1-2H3;3-5H2,1-2H3;;/q-1;;;;. The molecule has 1 heterocycles. The molecule has 0 aromatic carbocycles. The van der Waals surface area contributed by atoms with E-state index in [9.17, 15) is 4.79 Å². The van der Waals surface area contributed by atoms with Gasteiger partial charge in [-0.25, -0.2) is 0 Å². The molecule has 0 bridgehead atoms. The SMILES string of the molecule is CCCCCC.CCCCOC.O=[C-]NCCN1CCCC1.[Y].[Y]. The quantitative estimate of drug-likeness (QED) is 0.287. The molecule has 1 rings (SSSR count). The van der Waals surface area contributed by atoms with Gasteiger partial charge in [-0.3, -0.25) is 0 Å². The monoisotopic (exact) mass is 493 g/mol. The van der Waals surface area contributed by atoms with Crippen molar-refractivity contribution < 1.29 is 74.9 Å². The van der Waals surface area contributed by atoms with Crippen molar-refractivity contribution >= 4 is 6.41 Å². The van der Waals surface area contributed by atoms with Crippen LogP contribution in [0.25, 0.3) is 0 Å². The molecule has 1 amide bonds. The first-order valence-corrected chi connectivity index (χ1v) is 9.07. The maximum absolute atomic E-state index is 9.72. The third-order valence-corrected chi connectivity index (χ3v) is 3.48. The molecule has 0 aliphatic carbocycles. The number of nitrogens with zero attached hydrogens (tertiary/aromatic N) is 1. The molecule has 1 aliphatic rings. The smallest absolute Gasteiger partial charge is 0.0462 e. The van der Waals surface area contributed by atoms with Gasteiger partial charge >= 0.3 is 0 Å². The molecule has 1 N–H and O–H groups in total. The number of nitrogens with one attached hydrogen (secondary N) is 1. The van der Waals surface area contributed by atoms with Crippen LogP contribution in [0.3, 0.4) is 0 Å². The maximum Gasteiger partial charge on any atom is 0.0462 e. The topological polar surface area (TPSA) is 41.6 Å². The number of rotatable bonds is 10. The number of amides is 1. The summed E-state index contributed by atoms with van der Waals surface area (Å²) >= 11 is 0. The molecule has 4 nitrogen and oxygen atoms in total. The van der Waals surface area contributed by atoms with E-state index in [4.69, 9.17) is 4.74 Å². The molecule has 2 radical (unpaired) electrons. The van der Waals surface area contributed by atoms with E-state index in [1.807, 2.05) is 0 Å². The van der Waals surface area contributed by atoms with Crippen LogP contribution in [0.2, 0.25) is 0 Å². The molecule has 0 aromatic rings. The van der Waals surface area contributed by atoms with Gasteiger partial charge in [0.1, 0.15) is 0 Å². The molecule has 1 saturated heterocycles. The largest absolute Gasteiger partial charge is 0.529 e. The number of unbranched alkanes of at least 4 members (excludes halogenated alkanes) is 4. The van der Waals surface area contributed by atoms with Gasteiger partial charge in [0, 0.05) is 85.7 Å². The average molecular weight is 493 g/mol. The van der Waals surface area contributed by atoms with E-state index in [1.165, 1.54) is 64.5 Å². The molecule has 0 aromatic heterocycles. The summed E-state index contributed by atoms with van der Waals surface area (Å²) in [5.74, 6) is 0. The summed E-state index contributed by atoms with van der Waals surface area (Å²) in [4.78, 5) is 12.1. The summed E-state index contributed by atoms with van der Waals surface area (Å²) in [6.45, 7) is 11.6. The second-order valence-corrected chi connectivity index (χ2v) is 5.63. The Morgan fingerprint density at radius 3 is 1.79 bits per heavy atom. The molecule has 0 saturated carbocycles. The summed E-state index contributed by atoms with van der Waals surface area (Å²) in [5, 5.41) is 2.53. The van der Waals surface area contributed by atoms with Gasteiger partial charge < -0.3 is 19.7 Å². The van der Waals surface area contributed by atoms with E-state index >= 15 is 0 Å². The van der Waals surface area contributed by atoms with E-state index in [2.05, 4.69) is 31.0 Å². The molecule has 24 heavy (non-hydrogen) atoms. The molecule has 140 valence electrons. The maximum atomic E-state index is 9.72. The van der Waals surface area contributed by atoms with Crippen LogP contribution in [-0.4, -0.2) is 51.2 Å². The van der Waals surface area contributed by atoms with Crippen molar-refractivity contribution in [2.75, 3.05) is 39.9 Å². The summed E-state index contributed by atoms with van der Waals surface area (Å²) in [7, 11) is 1.73. The van der Waals surface area contributed by atoms with Gasteiger partial charge in [-0.1, -0.05) is 52.9 Å². The van der Waals surface area contributed by atoms with Gasteiger partial charge in [0.15, 0.2) is 0 Å². The zero-order chi connectivity index (χ0) is 16.9. The minimum atomic E-state index is 0. The summed E-state index contributed by atoms with van der Waals surface area (Å²) in [6, 6.07) is 0. The number of methoxy groups -OCH3 is 1. The number of likely N-dealkylation sites (tertiary alicyclic amines) is 1. The third kappa shape index (κ3) is 31.4. The molecule has 1 fully saturated rings. The zero-order valence-electron chi connectivity index (χ0n) is 16.6. The van der Waals surface area contributed by atoms with Gasteiger partial charge in [0.05, 0.1) is 0 Å². The van der Waals surface area contributed by atoms with E-state index in [0.29, 0.717) is 0 Å². The number of hydrogen-bond acceptors (Lipinski definition) is 3. The molecule has 0 unspecified atom stereocenters. The fraction of sp³-hybridized carbons (Fsp3) is 0.944. The second kappa shape index (κ2) is 32.3. The van der Waals surface area contributed by atoms with Gasteiger partial charge in [-0.15, -0.1) is 0 Å². The minimum Gasteiger partial charge on any atom is -0.529 e. The summed E-state index contributed by atoms with van der Waals surface area (Å²) < 4.78 is 4.78. The van der Waals surface area contributed by atoms with Crippen molar-refractivity contribution in [1.82, 2.24) is 10.2 Å². The first kappa shape index (κ1) is 33.2. The molecule has 6 heteroatoms. The van der Waals surface area contributed by atoms with Crippen LogP contribution in [0.15, 0.2) is 0 Å². The van der Waals surface area contributed by atoms with Crippen LogP contribution in [0, 0.1) is 0 Å². The van der Waals surface area contributed by atoms with Crippen molar-refractivity contribution in [3.05, 3.63) is 0 Å². The van der Waals surface area contributed by atoms with Crippen molar-refractivity contribution in [3.63, 3.8) is 0 Å². The third-order valence-electron chi connectivity index (χ3n) is 3.48. The number of hydrogen-bond donors (Lipinski definition) is 1. The second-order valence-electron chi connectivity index (χ2n) is 5.63. The Labute approximate surface area is 201 Å². The predicted molar refractivity (Wildman–Crippen MR) is 96.0 cm³/mol. The van der Waals surface area contributed by atoms with E-state index < -0.39 is 0 Å². The van der Waals surface area contributed by atoms with Crippen LogP contribution in [-0.2, 0) is 74.9 Å². The predicted octanol–water partition coefficient (Wildman–Crippen LogP) is 3.75. The number of carbonyl (C=O) groups excluding carboxylic acids is 1. The van der Waals surface area contributed by atoms with Crippen molar-refractivity contribution in [1.29, 1.82) is 0 Å². The van der Waals surface area contributed by atoms with Crippen LogP contribution in [0.1, 0.15) is 72.1 Å². The van der Waals surface area contributed by atoms with Crippen LogP contribution < -0.4 is 5.32 Å². The van der Waals surface area contributed by atoms with E-state index in [1.54, 1.807) is 13.5 Å². The molecular formula is C18H39N2O2Y2-. The molecule has 0 atom stereocenters. The summed E-state index contributed by atoms with van der Waals surface area (Å²) in [5.41, 5.74) is 0. The number of ether oxygens (including phenoxy) is 1. The van der Waals surface area contributed by atoms with Gasteiger partial charge in [0.25, 0.3) is 0 Å². The molecule has 0 spiro atoms. The minimum absolute atomic E-state index is 0. The van der Waals surface area contributed by atoms with Crippen LogP contribution in [0.4, 0.5) is 0 Å². The zero-order valence-corrected chi connectivity index (χ0v) is 22.3. The van der Waals surface area contributed by atoms with Gasteiger partial charge in [-0.2, -0.15) is 6.41 Å². The van der Waals surface area contributed by atoms with Crippen LogP contribution >= 0.6 is 0 Å².